The summed E-state index contributed by atoms with van der Waals surface area (Å²) in [7, 11) is 3.12. The molecule has 1 atom stereocenters. The number of benzene rings is 1. The number of nitrogens with one attached hydrogen (secondary N) is 1. The van der Waals surface area contributed by atoms with Crippen LogP contribution >= 0.6 is 0 Å². The molecule has 1 unspecified atom stereocenters. The summed E-state index contributed by atoms with van der Waals surface area (Å²) in [5.41, 5.74) is -0.389. The lowest BCUT2D eigenvalue weighted by atomic mass is 9.95. The molecule has 1 aromatic carbocycles. The molecule has 142 valence electrons. The molecule has 6 nitrogen and oxygen atoms in total. The molecule has 2 amide bonds. The minimum Gasteiger partial charge on any atom is -0.497 e. The van der Waals surface area contributed by atoms with Crippen LogP contribution in [0.15, 0.2) is 18.2 Å². The number of hydrogen-bond acceptors (Lipinski definition) is 4. The van der Waals surface area contributed by atoms with Crippen LogP contribution in [-0.4, -0.2) is 43.5 Å². The molecule has 6 heteroatoms. The van der Waals surface area contributed by atoms with Crippen LogP contribution in [0.4, 0.5) is 5.69 Å². The minimum absolute atomic E-state index is 0.0107. The molecule has 0 radical (unpaired) electrons. The summed E-state index contributed by atoms with van der Waals surface area (Å²) in [4.78, 5) is 28.1. The summed E-state index contributed by atoms with van der Waals surface area (Å²) in [6, 6.07) is 5.49. The fraction of sp³-hybridized carbons (Fsp3) is 0.600. The van der Waals surface area contributed by atoms with Gasteiger partial charge in [0.15, 0.2) is 0 Å². The topological polar surface area (TPSA) is 67.9 Å². The summed E-state index contributed by atoms with van der Waals surface area (Å²) < 4.78 is 10.6. The average Bonchev–Trinajstić information content (AvgIpc) is 3.49. The van der Waals surface area contributed by atoms with Crippen molar-refractivity contribution in [2.45, 2.75) is 51.5 Å². The lowest BCUT2D eigenvalue weighted by Crippen LogP contribution is -2.49. The van der Waals surface area contributed by atoms with Crippen LogP contribution in [0.1, 0.15) is 45.4 Å². The normalized spacial score (nSPS) is 21.0. The van der Waals surface area contributed by atoms with Crippen LogP contribution in [0.25, 0.3) is 0 Å². The van der Waals surface area contributed by atoms with Crippen LogP contribution in [0, 0.1) is 5.41 Å². The highest BCUT2D eigenvalue weighted by Gasteiger charge is 2.58. The number of ether oxygens (including phenoxy) is 2. The molecule has 1 aliphatic heterocycles. The summed E-state index contributed by atoms with van der Waals surface area (Å²) in [6.45, 7) is 2.87. The highest BCUT2D eigenvalue weighted by molar-refractivity contribution is 6.13. The molecule has 2 fully saturated rings. The van der Waals surface area contributed by atoms with Gasteiger partial charge in [0.1, 0.15) is 16.9 Å². The molecule has 1 aromatic rings. The standard InChI is InChI=1S/C20H28N2O4/c1-4-14-7-5-6-12-22(14)19(24)20(10-11-20)18(23)21-16-13-15(25-2)8-9-17(16)26-3/h8-9,13-14H,4-7,10-12H2,1-3H3,(H,21,23). The van der Waals surface area contributed by atoms with Gasteiger partial charge in [-0.05, 0) is 50.7 Å². The highest BCUT2D eigenvalue weighted by atomic mass is 16.5. The van der Waals surface area contributed by atoms with Crippen LogP contribution in [0.5, 0.6) is 11.5 Å². The summed E-state index contributed by atoms with van der Waals surface area (Å²) in [5.74, 6) is 0.920. The molecular weight excluding hydrogens is 332 g/mol. The van der Waals surface area contributed by atoms with Gasteiger partial charge in [-0.3, -0.25) is 9.59 Å². The molecular formula is C20H28N2O4. The first-order valence-corrected chi connectivity index (χ1v) is 9.40. The van der Waals surface area contributed by atoms with Crippen molar-refractivity contribution in [2.24, 2.45) is 5.41 Å². The largest absolute Gasteiger partial charge is 0.497 e. The number of amides is 2. The fourth-order valence-electron chi connectivity index (χ4n) is 3.78. The second-order valence-electron chi connectivity index (χ2n) is 7.16. The Morgan fingerprint density at radius 2 is 2.00 bits per heavy atom. The third-order valence-corrected chi connectivity index (χ3v) is 5.61. The summed E-state index contributed by atoms with van der Waals surface area (Å²) in [6.07, 6.45) is 5.36. The number of carbonyl (C=O) groups excluding carboxylic acids is 2. The van der Waals surface area contributed by atoms with E-state index in [4.69, 9.17) is 9.47 Å². The van der Waals surface area contributed by atoms with Gasteiger partial charge < -0.3 is 19.7 Å². The Kier molecular flexibility index (Phi) is 5.39. The van der Waals surface area contributed by atoms with Gasteiger partial charge in [-0.15, -0.1) is 0 Å². The van der Waals surface area contributed by atoms with E-state index in [1.165, 1.54) is 0 Å². The molecule has 26 heavy (non-hydrogen) atoms. The van der Waals surface area contributed by atoms with Gasteiger partial charge >= 0.3 is 0 Å². The molecule has 1 aliphatic carbocycles. The maximum Gasteiger partial charge on any atom is 0.240 e. The Morgan fingerprint density at radius 1 is 1.23 bits per heavy atom. The van der Waals surface area contributed by atoms with Gasteiger partial charge in [-0.25, -0.2) is 0 Å². The molecule has 0 bridgehead atoms. The minimum atomic E-state index is -0.918. The zero-order valence-electron chi connectivity index (χ0n) is 15.8. The van der Waals surface area contributed by atoms with Crippen molar-refractivity contribution in [1.29, 1.82) is 0 Å². The van der Waals surface area contributed by atoms with E-state index in [1.807, 2.05) is 4.90 Å². The highest BCUT2D eigenvalue weighted by Crippen LogP contribution is 2.49. The van der Waals surface area contributed by atoms with Crippen molar-refractivity contribution < 1.29 is 19.1 Å². The van der Waals surface area contributed by atoms with Gasteiger partial charge in [-0.2, -0.15) is 0 Å². The molecule has 3 rings (SSSR count). The number of likely N-dealkylation sites (tertiary alicyclic amines) is 1. The van der Waals surface area contributed by atoms with Crippen LogP contribution < -0.4 is 14.8 Å². The van der Waals surface area contributed by atoms with Gasteiger partial charge in [0.25, 0.3) is 0 Å². The van der Waals surface area contributed by atoms with E-state index in [9.17, 15) is 9.59 Å². The first-order valence-electron chi connectivity index (χ1n) is 9.40. The number of hydrogen-bond donors (Lipinski definition) is 1. The number of rotatable bonds is 6. The van der Waals surface area contributed by atoms with E-state index in [0.29, 0.717) is 30.0 Å². The second kappa shape index (κ2) is 7.56. The third-order valence-electron chi connectivity index (χ3n) is 5.61. The predicted octanol–water partition coefficient (Wildman–Crippen LogP) is 3.21. The number of anilines is 1. The number of carbonyl (C=O) groups is 2. The third kappa shape index (κ3) is 3.37. The Labute approximate surface area is 154 Å². The lowest BCUT2D eigenvalue weighted by Gasteiger charge is -2.37. The zero-order valence-corrected chi connectivity index (χ0v) is 15.8. The maximum absolute atomic E-state index is 13.2. The van der Waals surface area contributed by atoms with E-state index < -0.39 is 5.41 Å². The first kappa shape index (κ1) is 18.5. The summed E-state index contributed by atoms with van der Waals surface area (Å²) >= 11 is 0. The monoisotopic (exact) mass is 360 g/mol. The molecule has 2 aliphatic rings. The molecule has 1 saturated carbocycles. The Hall–Kier alpha value is -2.24. The maximum atomic E-state index is 13.2. The molecule has 0 spiro atoms. The fourth-order valence-corrected chi connectivity index (χ4v) is 3.78. The average molecular weight is 360 g/mol. The number of nitrogens with zero attached hydrogens (tertiary/aromatic N) is 1. The van der Waals surface area contributed by atoms with Crippen LogP contribution in [-0.2, 0) is 9.59 Å². The molecule has 1 heterocycles. The van der Waals surface area contributed by atoms with Crippen molar-refractivity contribution in [1.82, 2.24) is 4.90 Å². The van der Waals surface area contributed by atoms with Gasteiger partial charge in [0.2, 0.25) is 11.8 Å². The van der Waals surface area contributed by atoms with Crippen LogP contribution in [0.3, 0.4) is 0 Å². The molecule has 1 N–H and O–H groups in total. The van der Waals surface area contributed by atoms with Crippen molar-refractivity contribution in [3.63, 3.8) is 0 Å². The smallest absolute Gasteiger partial charge is 0.240 e. The van der Waals surface area contributed by atoms with Crippen molar-refractivity contribution in [3.8, 4) is 11.5 Å². The Morgan fingerprint density at radius 3 is 2.62 bits per heavy atom. The van der Waals surface area contributed by atoms with E-state index in [1.54, 1.807) is 32.4 Å². The second-order valence-corrected chi connectivity index (χ2v) is 7.16. The zero-order chi connectivity index (χ0) is 18.7. The van der Waals surface area contributed by atoms with Gasteiger partial charge in [-0.1, -0.05) is 6.92 Å². The van der Waals surface area contributed by atoms with Crippen molar-refractivity contribution in [2.75, 3.05) is 26.1 Å². The number of piperidine rings is 1. The van der Waals surface area contributed by atoms with Gasteiger partial charge in [0.05, 0.1) is 19.9 Å². The molecule has 1 saturated heterocycles. The Balaban J connectivity index is 1.78. The predicted molar refractivity (Wildman–Crippen MR) is 99.5 cm³/mol. The van der Waals surface area contributed by atoms with Gasteiger partial charge in [0, 0.05) is 18.7 Å². The first-order chi connectivity index (χ1) is 12.6. The van der Waals surface area contributed by atoms with E-state index in [-0.39, 0.29) is 17.9 Å². The Bertz CT molecular complexity index is 684. The van der Waals surface area contributed by atoms with E-state index in [0.717, 1.165) is 32.2 Å². The van der Waals surface area contributed by atoms with Crippen molar-refractivity contribution >= 4 is 17.5 Å². The summed E-state index contributed by atoms with van der Waals surface area (Å²) in [5, 5.41) is 2.90. The van der Waals surface area contributed by atoms with Crippen LogP contribution in [0.2, 0.25) is 0 Å². The molecule has 0 aromatic heterocycles. The quantitative estimate of drug-likeness (QED) is 0.791. The lowest BCUT2D eigenvalue weighted by molar-refractivity contribution is -0.145. The van der Waals surface area contributed by atoms with E-state index in [2.05, 4.69) is 12.2 Å². The van der Waals surface area contributed by atoms with E-state index >= 15 is 0 Å². The SMILES string of the molecule is CCC1CCCCN1C(=O)C1(C(=O)Nc2cc(OC)ccc2OC)CC1. The number of methoxy groups -OCH3 is 2. The van der Waals surface area contributed by atoms with Crippen molar-refractivity contribution in [3.05, 3.63) is 18.2 Å².